The smallest absolute Gasteiger partial charge is 0.496 e. The fourth-order valence-electron chi connectivity index (χ4n) is 3.28. The minimum Gasteiger partial charge on any atom is -0.496 e. The van der Waals surface area contributed by atoms with Crippen LogP contribution >= 0.6 is 0 Å². The van der Waals surface area contributed by atoms with Gasteiger partial charge in [0.1, 0.15) is 11.5 Å². The number of halogens is 3. The molecule has 134 valence electrons. The molecule has 1 aromatic rings. The van der Waals surface area contributed by atoms with Gasteiger partial charge in [0.2, 0.25) is 0 Å². The summed E-state index contributed by atoms with van der Waals surface area (Å²) in [5.74, 6) is 1.01. The van der Waals surface area contributed by atoms with Crippen LogP contribution in [0.25, 0.3) is 5.57 Å². The third-order valence-corrected chi connectivity index (χ3v) is 4.33. The summed E-state index contributed by atoms with van der Waals surface area (Å²) < 4.78 is 46.5. The number of aliphatic hydroxyl groups is 1. The third kappa shape index (κ3) is 5.16. The molecule has 6 heteroatoms. The molecule has 1 fully saturated rings. The van der Waals surface area contributed by atoms with Crippen molar-refractivity contribution in [1.29, 1.82) is 0 Å². The maximum Gasteiger partial charge on any atom is 0.573 e. The monoisotopic (exact) mass is 344 g/mol. The van der Waals surface area contributed by atoms with Gasteiger partial charge in [0, 0.05) is 5.56 Å². The maximum atomic E-state index is 12.4. The van der Waals surface area contributed by atoms with Gasteiger partial charge in [-0.3, -0.25) is 0 Å². The van der Waals surface area contributed by atoms with Crippen molar-refractivity contribution in [3.63, 3.8) is 0 Å². The van der Waals surface area contributed by atoms with Gasteiger partial charge < -0.3 is 14.6 Å². The lowest BCUT2D eigenvalue weighted by atomic mass is 9.81. The summed E-state index contributed by atoms with van der Waals surface area (Å²) >= 11 is 0. The molecule has 3 nitrogen and oxygen atoms in total. The van der Waals surface area contributed by atoms with Crippen LogP contribution in [0.2, 0.25) is 0 Å². The second kappa shape index (κ2) is 7.92. The summed E-state index contributed by atoms with van der Waals surface area (Å²) in [7, 11) is 1.45. The molecular formula is C18H23F3O3. The molecule has 0 bridgehead atoms. The van der Waals surface area contributed by atoms with Crippen molar-refractivity contribution in [2.24, 2.45) is 11.8 Å². The van der Waals surface area contributed by atoms with Crippen LogP contribution in [0.1, 0.15) is 38.2 Å². The Labute approximate surface area is 140 Å². The topological polar surface area (TPSA) is 38.7 Å². The molecule has 0 spiro atoms. The Kier molecular flexibility index (Phi) is 6.15. The molecule has 0 saturated heterocycles. The highest BCUT2D eigenvalue weighted by Crippen LogP contribution is 2.36. The number of aliphatic hydroxyl groups excluding tert-OH is 1. The van der Waals surface area contributed by atoms with E-state index in [9.17, 15) is 18.3 Å². The fourth-order valence-corrected chi connectivity index (χ4v) is 3.28. The number of methoxy groups -OCH3 is 1. The number of ether oxygens (including phenoxy) is 2. The highest BCUT2D eigenvalue weighted by molar-refractivity contribution is 5.72. The van der Waals surface area contributed by atoms with E-state index >= 15 is 0 Å². The van der Waals surface area contributed by atoms with Crippen molar-refractivity contribution in [2.45, 2.75) is 39.0 Å². The van der Waals surface area contributed by atoms with Gasteiger partial charge in [0.15, 0.2) is 0 Å². The average Bonchev–Trinajstić information content (AvgIpc) is 2.51. The number of alkyl halides is 3. The zero-order valence-corrected chi connectivity index (χ0v) is 13.9. The summed E-state index contributed by atoms with van der Waals surface area (Å²) in [6.45, 7) is 1.92. The van der Waals surface area contributed by atoms with Crippen LogP contribution in [0.5, 0.6) is 11.5 Å². The Hall–Kier alpha value is -1.69. The Morgan fingerprint density at radius 1 is 1.33 bits per heavy atom. The number of rotatable bonds is 5. The van der Waals surface area contributed by atoms with Crippen LogP contribution in [0, 0.1) is 11.8 Å². The molecule has 0 aromatic heterocycles. The van der Waals surface area contributed by atoms with Gasteiger partial charge in [-0.15, -0.1) is 13.2 Å². The lowest BCUT2D eigenvalue weighted by molar-refractivity contribution is -0.274. The first-order valence-electron chi connectivity index (χ1n) is 8.08. The van der Waals surface area contributed by atoms with Crippen LogP contribution < -0.4 is 9.47 Å². The van der Waals surface area contributed by atoms with E-state index < -0.39 is 6.36 Å². The van der Waals surface area contributed by atoms with E-state index in [0.717, 1.165) is 19.3 Å². The molecule has 1 N–H and O–H groups in total. The van der Waals surface area contributed by atoms with Gasteiger partial charge in [-0.2, -0.15) is 0 Å². The lowest BCUT2D eigenvalue weighted by Gasteiger charge is -2.25. The second-order valence-corrected chi connectivity index (χ2v) is 6.29. The highest BCUT2D eigenvalue weighted by atomic mass is 19.4. The van der Waals surface area contributed by atoms with Crippen LogP contribution in [0.15, 0.2) is 24.3 Å². The molecule has 2 atom stereocenters. The van der Waals surface area contributed by atoms with E-state index in [0.29, 0.717) is 28.7 Å². The fraction of sp³-hybridized carbons (Fsp3) is 0.556. The number of hydrogen-bond donors (Lipinski definition) is 1. The summed E-state index contributed by atoms with van der Waals surface area (Å²) in [6, 6.07) is 3.89. The normalized spacial score (nSPS) is 22.3. The van der Waals surface area contributed by atoms with Crippen LogP contribution in [0.4, 0.5) is 13.2 Å². The molecular weight excluding hydrogens is 321 g/mol. The van der Waals surface area contributed by atoms with Crippen molar-refractivity contribution in [2.75, 3.05) is 13.7 Å². The van der Waals surface area contributed by atoms with Crippen LogP contribution in [-0.4, -0.2) is 25.2 Å². The Balaban J connectivity index is 2.32. The number of hydrogen-bond acceptors (Lipinski definition) is 3. The highest BCUT2D eigenvalue weighted by Gasteiger charge is 2.31. The van der Waals surface area contributed by atoms with Crippen molar-refractivity contribution in [3.05, 3.63) is 29.8 Å². The zero-order chi connectivity index (χ0) is 17.7. The first-order valence-corrected chi connectivity index (χ1v) is 8.08. The van der Waals surface area contributed by atoms with Gasteiger partial charge in [0.05, 0.1) is 13.7 Å². The van der Waals surface area contributed by atoms with Crippen LogP contribution in [0.3, 0.4) is 0 Å². The molecule has 1 aromatic carbocycles. The SMILES string of the molecule is COc1ccc(OC(F)(F)F)cc1/C(=C/C1CCCC(C)C1)CO. The van der Waals surface area contributed by atoms with Crippen molar-refractivity contribution in [3.8, 4) is 11.5 Å². The second-order valence-electron chi connectivity index (χ2n) is 6.29. The van der Waals surface area contributed by atoms with E-state index in [4.69, 9.17) is 4.74 Å². The Morgan fingerprint density at radius 3 is 2.67 bits per heavy atom. The van der Waals surface area contributed by atoms with E-state index in [1.54, 1.807) is 0 Å². The summed E-state index contributed by atoms with van der Waals surface area (Å²) in [5.41, 5.74) is 0.999. The lowest BCUT2D eigenvalue weighted by Crippen LogP contribution is -2.17. The quantitative estimate of drug-likeness (QED) is 0.834. The predicted octanol–water partition coefficient (Wildman–Crippen LogP) is 4.80. The van der Waals surface area contributed by atoms with Gasteiger partial charge in [-0.05, 0) is 48.4 Å². The van der Waals surface area contributed by atoms with Crippen LogP contribution in [-0.2, 0) is 0 Å². The van der Waals surface area contributed by atoms with Gasteiger partial charge in [0.25, 0.3) is 0 Å². The molecule has 0 amide bonds. The molecule has 0 radical (unpaired) electrons. The molecule has 1 saturated carbocycles. The largest absolute Gasteiger partial charge is 0.573 e. The zero-order valence-electron chi connectivity index (χ0n) is 13.9. The first kappa shape index (κ1) is 18.6. The molecule has 2 unspecified atom stereocenters. The van der Waals surface area contributed by atoms with Gasteiger partial charge >= 0.3 is 6.36 Å². The van der Waals surface area contributed by atoms with E-state index in [1.807, 2.05) is 6.08 Å². The molecule has 0 aliphatic heterocycles. The van der Waals surface area contributed by atoms with Gasteiger partial charge in [-0.25, -0.2) is 0 Å². The Bertz CT molecular complexity index is 581. The third-order valence-electron chi connectivity index (χ3n) is 4.33. The van der Waals surface area contributed by atoms with Crippen molar-refractivity contribution < 1.29 is 27.8 Å². The maximum absolute atomic E-state index is 12.4. The first-order chi connectivity index (χ1) is 11.3. The van der Waals surface area contributed by atoms with E-state index in [2.05, 4.69) is 11.7 Å². The molecule has 1 aliphatic rings. The summed E-state index contributed by atoms with van der Waals surface area (Å²) in [6.07, 6.45) is 1.56. The predicted molar refractivity (Wildman–Crippen MR) is 85.9 cm³/mol. The molecule has 0 heterocycles. The van der Waals surface area contributed by atoms with Crippen molar-refractivity contribution in [1.82, 2.24) is 0 Å². The average molecular weight is 344 g/mol. The standard InChI is InChI=1S/C18H23F3O3/c1-12-4-3-5-13(8-12)9-14(11-22)16-10-15(24-18(19,20)21)6-7-17(16)23-2/h6-7,9-10,12-13,22H,3-5,8,11H2,1-2H3/b14-9+. The van der Waals surface area contributed by atoms with Crippen molar-refractivity contribution >= 4 is 5.57 Å². The molecule has 24 heavy (non-hydrogen) atoms. The van der Waals surface area contributed by atoms with E-state index in [-0.39, 0.29) is 12.4 Å². The summed E-state index contributed by atoms with van der Waals surface area (Å²) in [4.78, 5) is 0. The molecule has 2 rings (SSSR count). The minimum absolute atomic E-state index is 0.267. The Morgan fingerprint density at radius 2 is 2.08 bits per heavy atom. The number of benzene rings is 1. The van der Waals surface area contributed by atoms with Gasteiger partial charge in [-0.1, -0.05) is 25.8 Å². The molecule has 1 aliphatic carbocycles. The summed E-state index contributed by atoms with van der Waals surface area (Å²) in [5, 5.41) is 9.73. The van der Waals surface area contributed by atoms with E-state index in [1.165, 1.54) is 31.7 Å². The minimum atomic E-state index is -4.76. The number of allylic oxidation sites excluding steroid dienone is 1.